The molecule has 0 radical (unpaired) electrons. The van der Waals surface area contributed by atoms with Gasteiger partial charge in [0.1, 0.15) is 5.75 Å². The van der Waals surface area contributed by atoms with E-state index < -0.39 is 0 Å². The van der Waals surface area contributed by atoms with Gasteiger partial charge in [0.25, 0.3) is 0 Å². The number of nitrogens with one attached hydrogen (secondary N) is 1. The highest BCUT2D eigenvalue weighted by atomic mass is 35.5. The minimum atomic E-state index is 0. The second-order valence-electron chi connectivity index (χ2n) is 5.77. The zero-order valence-corrected chi connectivity index (χ0v) is 13.4. The van der Waals surface area contributed by atoms with Crippen molar-refractivity contribution in [1.82, 2.24) is 5.32 Å². The van der Waals surface area contributed by atoms with E-state index >= 15 is 0 Å². The summed E-state index contributed by atoms with van der Waals surface area (Å²) in [7, 11) is 1.70. The number of fused-ring (bicyclic) bond motifs is 4. The molecular formula is C18H20ClNO2. The number of halogens is 1. The van der Waals surface area contributed by atoms with E-state index in [2.05, 4.69) is 35.6 Å². The van der Waals surface area contributed by atoms with E-state index in [4.69, 9.17) is 9.47 Å². The average Bonchev–Trinajstić information content (AvgIpc) is 2.56. The fourth-order valence-electron chi connectivity index (χ4n) is 3.76. The SMILES string of the molecule is COc1cccc2c1Oc1ccccc1C21CCNCC1.Cl. The first-order chi connectivity index (χ1) is 10.3. The summed E-state index contributed by atoms with van der Waals surface area (Å²) in [4.78, 5) is 0. The van der Waals surface area contributed by atoms with Crippen molar-refractivity contribution >= 4 is 12.4 Å². The summed E-state index contributed by atoms with van der Waals surface area (Å²) in [5.74, 6) is 2.68. The van der Waals surface area contributed by atoms with Crippen LogP contribution in [0.5, 0.6) is 17.2 Å². The zero-order chi connectivity index (χ0) is 14.3. The number of rotatable bonds is 1. The number of benzene rings is 2. The Morgan fingerprint density at radius 2 is 1.73 bits per heavy atom. The second kappa shape index (κ2) is 5.82. The molecule has 1 fully saturated rings. The largest absolute Gasteiger partial charge is 0.493 e. The minimum absolute atomic E-state index is 0. The van der Waals surface area contributed by atoms with Gasteiger partial charge in [-0.2, -0.15) is 0 Å². The molecule has 0 aliphatic carbocycles. The summed E-state index contributed by atoms with van der Waals surface area (Å²) < 4.78 is 11.7. The van der Waals surface area contributed by atoms with E-state index in [0.717, 1.165) is 43.2 Å². The molecule has 0 saturated carbocycles. The van der Waals surface area contributed by atoms with E-state index in [1.165, 1.54) is 11.1 Å². The average molecular weight is 318 g/mol. The highest BCUT2D eigenvalue weighted by molar-refractivity contribution is 5.85. The summed E-state index contributed by atoms with van der Waals surface area (Å²) in [5, 5.41) is 3.47. The van der Waals surface area contributed by atoms with Crippen molar-refractivity contribution in [1.29, 1.82) is 0 Å². The Morgan fingerprint density at radius 1 is 1.00 bits per heavy atom. The molecule has 0 amide bonds. The maximum Gasteiger partial charge on any atom is 0.173 e. The monoisotopic (exact) mass is 317 g/mol. The lowest BCUT2D eigenvalue weighted by Crippen LogP contribution is -2.42. The highest BCUT2D eigenvalue weighted by Gasteiger charge is 2.43. The van der Waals surface area contributed by atoms with Crippen LogP contribution in [0, 0.1) is 0 Å². The second-order valence-corrected chi connectivity index (χ2v) is 5.77. The lowest BCUT2D eigenvalue weighted by molar-refractivity contribution is 0.304. The number of hydrogen-bond acceptors (Lipinski definition) is 3. The van der Waals surface area contributed by atoms with Gasteiger partial charge in [0, 0.05) is 16.5 Å². The third kappa shape index (κ3) is 2.08. The smallest absolute Gasteiger partial charge is 0.173 e. The lowest BCUT2D eigenvalue weighted by atomic mass is 9.66. The lowest BCUT2D eigenvalue weighted by Gasteiger charge is -2.43. The Kier molecular flexibility index (Phi) is 4.02. The van der Waals surface area contributed by atoms with Crippen molar-refractivity contribution in [3.8, 4) is 17.2 Å². The van der Waals surface area contributed by atoms with Crippen molar-refractivity contribution in [2.24, 2.45) is 0 Å². The van der Waals surface area contributed by atoms with Crippen LogP contribution in [0.25, 0.3) is 0 Å². The maximum atomic E-state index is 6.18. The number of piperidine rings is 1. The van der Waals surface area contributed by atoms with Crippen LogP contribution in [0.2, 0.25) is 0 Å². The van der Waals surface area contributed by atoms with Crippen LogP contribution >= 0.6 is 12.4 Å². The Balaban J connectivity index is 0.00000144. The molecule has 1 saturated heterocycles. The number of para-hydroxylation sites is 2. The number of hydrogen-bond donors (Lipinski definition) is 1. The third-order valence-electron chi connectivity index (χ3n) is 4.79. The zero-order valence-electron chi connectivity index (χ0n) is 12.6. The molecule has 2 aromatic rings. The molecule has 3 nitrogen and oxygen atoms in total. The van der Waals surface area contributed by atoms with Crippen LogP contribution in [-0.2, 0) is 5.41 Å². The maximum absolute atomic E-state index is 6.18. The first-order valence-electron chi connectivity index (χ1n) is 7.51. The van der Waals surface area contributed by atoms with Gasteiger partial charge in [-0.1, -0.05) is 30.3 Å². The van der Waals surface area contributed by atoms with Crippen molar-refractivity contribution < 1.29 is 9.47 Å². The predicted octanol–water partition coefficient (Wildman–Crippen LogP) is 3.89. The number of ether oxygens (including phenoxy) is 2. The molecule has 1 spiro atoms. The quantitative estimate of drug-likeness (QED) is 0.865. The molecule has 22 heavy (non-hydrogen) atoms. The normalized spacial score (nSPS) is 17.7. The van der Waals surface area contributed by atoms with Crippen molar-refractivity contribution in [2.75, 3.05) is 20.2 Å². The summed E-state index contributed by atoms with van der Waals surface area (Å²) in [6.07, 6.45) is 2.18. The van der Waals surface area contributed by atoms with Crippen LogP contribution in [0.3, 0.4) is 0 Å². The van der Waals surface area contributed by atoms with Crippen LogP contribution in [0.1, 0.15) is 24.0 Å². The molecule has 4 heteroatoms. The Hall–Kier alpha value is -1.71. The molecule has 2 aliphatic heterocycles. The summed E-state index contributed by atoms with van der Waals surface area (Å²) in [6, 6.07) is 14.7. The van der Waals surface area contributed by atoms with Crippen molar-refractivity contribution in [3.05, 3.63) is 53.6 Å². The van der Waals surface area contributed by atoms with Gasteiger partial charge < -0.3 is 14.8 Å². The highest BCUT2D eigenvalue weighted by Crippen LogP contribution is 2.54. The standard InChI is InChI=1S/C18H19NO2.ClH/c1-20-16-8-4-6-14-17(16)21-15-7-3-2-5-13(15)18(14)9-11-19-12-10-18;/h2-8,19H,9-12H2,1H3;1H. The third-order valence-corrected chi connectivity index (χ3v) is 4.79. The molecule has 0 unspecified atom stereocenters. The van der Waals surface area contributed by atoms with E-state index in [0.29, 0.717) is 0 Å². The van der Waals surface area contributed by atoms with Gasteiger partial charge in [0.2, 0.25) is 0 Å². The van der Waals surface area contributed by atoms with Crippen LogP contribution < -0.4 is 14.8 Å². The molecule has 2 aromatic carbocycles. The van der Waals surface area contributed by atoms with Gasteiger partial charge in [-0.3, -0.25) is 0 Å². The van der Waals surface area contributed by atoms with E-state index in [9.17, 15) is 0 Å². The summed E-state index contributed by atoms with van der Waals surface area (Å²) in [5.41, 5.74) is 2.62. The molecule has 0 bridgehead atoms. The van der Waals surface area contributed by atoms with Gasteiger partial charge in [-0.05, 0) is 38.1 Å². The van der Waals surface area contributed by atoms with E-state index in [-0.39, 0.29) is 17.8 Å². The first-order valence-corrected chi connectivity index (χ1v) is 7.51. The molecule has 2 heterocycles. The molecule has 0 aromatic heterocycles. The fourth-order valence-corrected chi connectivity index (χ4v) is 3.76. The van der Waals surface area contributed by atoms with Crippen LogP contribution in [0.15, 0.2) is 42.5 Å². The minimum Gasteiger partial charge on any atom is -0.493 e. The van der Waals surface area contributed by atoms with Crippen molar-refractivity contribution in [2.45, 2.75) is 18.3 Å². The van der Waals surface area contributed by atoms with Gasteiger partial charge in [-0.25, -0.2) is 0 Å². The van der Waals surface area contributed by atoms with Gasteiger partial charge in [0.15, 0.2) is 11.5 Å². The first kappa shape index (κ1) is 15.2. The molecular weight excluding hydrogens is 298 g/mol. The Labute approximate surface area is 137 Å². The Morgan fingerprint density at radius 3 is 2.50 bits per heavy atom. The molecule has 4 rings (SSSR count). The number of methoxy groups -OCH3 is 1. The Bertz CT molecular complexity index is 681. The van der Waals surface area contributed by atoms with Crippen LogP contribution in [-0.4, -0.2) is 20.2 Å². The molecule has 0 atom stereocenters. The predicted molar refractivity (Wildman–Crippen MR) is 89.6 cm³/mol. The van der Waals surface area contributed by atoms with Crippen molar-refractivity contribution in [3.63, 3.8) is 0 Å². The van der Waals surface area contributed by atoms with Gasteiger partial charge in [0.05, 0.1) is 7.11 Å². The van der Waals surface area contributed by atoms with E-state index in [1.807, 2.05) is 12.1 Å². The fraction of sp³-hybridized carbons (Fsp3) is 0.333. The summed E-state index contributed by atoms with van der Waals surface area (Å²) >= 11 is 0. The van der Waals surface area contributed by atoms with Gasteiger partial charge in [-0.15, -0.1) is 12.4 Å². The molecule has 1 N–H and O–H groups in total. The molecule has 116 valence electrons. The van der Waals surface area contributed by atoms with E-state index in [1.54, 1.807) is 7.11 Å². The van der Waals surface area contributed by atoms with Gasteiger partial charge >= 0.3 is 0 Å². The summed E-state index contributed by atoms with van der Waals surface area (Å²) in [6.45, 7) is 2.07. The topological polar surface area (TPSA) is 30.5 Å². The molecule has 2 aliphatic rings. The van der Waals surface area contributed by atoms with Crippen LogP contribution in [0.4, 0.5) is 0 Å².